The van der Waals surface area contributed by atoms with Crippen molar-refractivity contribution in [1.29, 1.82) is 0 Å². The molecular weight excluding hydrogens is 426 g/mol. The monoisotopic (exact) mass is 457 g/mol. The molecule has 0 aromatic heterocycles. The Morgan fingerprint density at radius 2 is 1.44 bits per heavy atom. The lowest BCUT2D eigenvalue weighted by Crippen LogP contribution is -2.46. The Morgan fingerprint density at radius 1 is 0.882 bits per heavy atom. The number of carbonyl (C=O) groups is 2. The molecule has 1 N–H and O–H groups in total. The average Bonchev–Trinajstić information content (AvgIpc) is 3.14. The highest BCUT2D eigenvalue weighted by molar-refractivity contribution is 5.98. The number of hydrogen-bond donors (Lipinski definition) is 1. The molecule has 176 valence electrons. The average molecular weight is 458 g/mol. The number of likely N-dealkylation sites (tertiary alicyclic amines) is 1. The van der Waals surface area contributed by atoms with Gasteiger partial charge in [-0.05, 0) is 50.3 Å². The summed E-state index contributed by atoms with van der Waals surface area (Å²) < 4.78 is 5.59. The van der Waals surface area contributed by atoms with E-state index in [1.54, 1.807) is 45.0 Å². The SMILES string of the molecule is CC(C)(C)OC(=O)N1C(O)C(C(=O)c2ccccc2)C[C@H]1Cc1ccc(-c2ccccc2)cc1. The number of carbonyl (C=O) groups excluding carboxylic acids is 2. The van der Waals surface area contributed by atoms with Crippen LogP contribution in [0.5, 0.6) is 0 Å². The zero-order chi connectivity index (χ0) is 24.3. The molecule has 1 aliphatic heterocycles. The minimum absolute atomic E-state index is 0.163. The number of nitrogens with zero attached hydrogens (tertiary/aromatic N) is 1. The van der Waals surface area contributed by atoms with E-state index in [-0.39, 0.29) is 11.8 Å². The topological polar surface area (TPSA) is 66.8 Å². The van der Waals surface area contributed by atoms with Gasteiger partial charge in [0.15, 0.2) is 5.78 Å². The summed E-state index contributed by atoms with van der Waals surface area (Å²) in [7, 11) is 0. The van der Waals surface area contributed by atoms with Crippen LogP contribution in [0.2, 0.25) is 0 Å². The van der Waals surface area contributed by atoms with Gasteiger partial charge in [-0.1, -0.05) is 84.9 Å². The first kappa shape index (κ1) is 23.7. The van der Waals surface area contributed by atoms with Crippen LogP contribution in [0, 0.1) is 5.92 Å². The van der Waals surface area contributed by atoms with Crippen LogP contribution in [0.1, 0.15) is 43.1 Å². The summed E-state index contributed by atoms with van der Waals surface area (Å²) in [5.74, 6) is -0.868. The van der Waals surface area contributed by atoms with Gasteiger partial charge in [0.05, 0.1) is 5.92 Å². The molecule has 0 bridgehead atoms. The Bertz CT molecular complexity index is 1120. The maximum atomic E-state index is 13.2. The number of rotatable bonds is 5. The first-order valence-corrected chi connectivity index (χ1v) is 11.7. The molecule has 3 aromatic rings. The number of aliphatic hydroxyl groups excluding tert-OH is 1. The summed E-state index contributed by atoms with van der Waals surface area (Å²) in [6.45, 7) is 5.37. The molecule has 1 fully saturated rings. The van der Waals surface area contributed by atoms with Crippen LogP contribution in [0.3, 0.4) is 0 Å². The fraction of sp³-hybridized carbons (Fsp3) is 0.310. The first-order chi connectivity index (χ1) is 16.2. The molecule has 5 nitrogen and oxygen atoms in total. The van der Waals surface area contributed by atoms with Crippen molar-refractivity contribution in [1.82, 2.24) is 4.90 Å². The molecular formula is C29H31NO4. The molecule has 1 amide bonds. The zero-order valence-corrected chi connectivity index (χ0v) is 19.8. The van der Waals surface area contributed by atoms with Crippen molar-refractivity contribution in [2.45, 2.75) is 51.5 Å². The van der Waals surface area contributed by atoms with Crippen molar-refractivity contribution in [3.05, 3.63) is 96.1 Å². The van der Waals surface area contributed by atoms with Gasteiger partial charge in [-0.15, -0.1) is 0 Å². The minimum atomic E-state index is -1.24. The lowest BCUT2D eigenvalue weighted by atomic mass is 9.92. The van der Waals surface area contributed by atoms with E-state index < -0.39 is 23.8 Å². The number of ether oxygens (including phenoxy) is 1. The van der Waals surface area contributed by atoms with Gasteiger partial charge in [0, 0.05) is 11.6 Å². The fourth-order valence-electron chi connectivity index (χ4n) is 4.49. The van der Waals surface area contributed by atoms with E-state index in [0.29, 0.717) is 18.4 Å². The molecule has 4 rings (SSSR count). The van der Waals surface area contributed by atoms with Crippen LogP contribution in [0.4, 0.5) is 4.79 Å². The number of amides is 1. The summed E-state index contributed by atoms with van der Waals surface area (Å²) >= 11 is 0. The van der Waals surface area contributed by atoms with Gasteiger partial charge in [-0.3, -0.25) is 9.69 Å². The summed E-state index contributed by atoms with van der Waals surface area (Å²) in [5, 5.41) is 11.1. The highest BCUT2D eigenvalue weighted by Crippen LogP contribution is 2.34. The van der Waals surface area contributed by atoms with Gasteiger partial charge in [0.25, 0.3) is 0 Å². The van der Waals surface area contributed by atoms with Gasteiger partial charge in [-0.2, -0.15) is 0 Å². The third-order valence-corrected chi connectivity index (χ3v) is 6.10. The highest BCUT2D eigenvalue weighted by Gasteiger charge is 2.47. The molecule has 5 heteroatoms. The largest absolute Gasteiger partial charge is 0.444 e. The van der Waals surface area contributed by atoms with E-state index in [1.165, 1.54) is 4.90 Å². The normalized spacial score (nSPS) is 20.2. The molecule has 0 saturated carbocycles. The van der Waals surface area contributed by atoms with Crippen LogP contribution in [0.15, 0.2) is 84.9 Å². The lowest BCUT2D eigenvalue weighted by Gasteiger charge is -2.31. The number of Topliss-reactive ketones (excluding diaryl/α,β-unsaturated/α-hetero) is 1. The predicted octanol–water partition coefficient (Wildman–Crippen LogP) is 5.72. The maximum absolute atomic E-state index is 13.2. The lowest BCUT2D eigenvalue weighted by molar-refractivity contribution is -0.0321. The van der Waals surface area contributed by atoms with E-state index in [9.17, 15) is 14.7 Å². The van der Waals surface area contributed by atoms with Crippen molar-refractivity contribution >= 4 is 11.9 Å². The van der Waals surface area contributed by atoms with Crippen LogP contribution in [-0.4, -0.2) is 39.8 Å². The van der Waals surface area contributed by atoms with Gasteiger partial charge in [0.2, 0.25) is 0 Å². The van der Waals surface area contributed by atoms with Crippen LogP contribution < -0.4 is 0 Å². The Morgan fingerprint density at radius 3 is 2.03 bits per heavy atom. The molecule has 0 aliphatic carbocycles. The molecule has 1 aliphatic rings. The second-order valence-electron chi connectivity index (χ2n) is 9.79. The van der Waals surface area contributed by atoms with Crippen molar-refractivity contribution in [3.8, 4) is 11.1 Å². The smallest absolute Gasteiger partial charge is 0.412 e. The fourth-order valence-corrected chi connectivity index (χ4v) is 4.49. The Kier molecular flexibility index (Phi) is 6.85. The van der Waals surface area contributed by atoms with Crippen LogP contribution >= 0.6 is 0 Å². The van der Waals surface area contributed by atoms with Gasteiger partial charge in [0.1, 0.15) is 11.8 Å². The Labute approximate surface area is 201 Å². The second kappa shape index (κ2) is 9.82. The van der Waals surface area contributed by atoms with Crippen molar-refractivity contribution in [2.75, 3.05) is 0 Å². The number of benzene rings is 3. The van der Waals surface area contributed by atoms with Crippen molar-refractivity contribution < 1.29 is 19.4 Å². The third-order valence-electron chi connectivity index (χ3n) is 6.10. The molecule has 0 radical (unpaired) electrons. The number of ketones is 1. The third kappa shape index (κ3) is 5.37. The Balaban J connectivity index is 1.57. The minimum Gasteiger partial charge on any atom is -0.444 e. The molecule has 2 unspecified atom stereocenters. The number of hydrogen-bond acceptors (Lipinski definition) is 4. The molecule has 34 heavy (non-hydrogen) atoms. The highest BCUT2D eigenvalue weighted by atomic mass is 16.6. The summed E-state index contributed by atoms with van der Waals surface area (Å²) in [6.07, 6.45) is -0.955. The summed E-state index contributed by atoms with van der Waals surface area (Å²) in [5.41, 5.74) is 3.09. The molecule has 3 atom stereocenters. The van der Waals surface area contributed by atoms with Gasteiger partial charge in [-0.25, -0.2) is 4.79 Å². The van der Waals surface area contributed by atoms with E-state index in [4.69, 9.17) is 4.74 Å². The van der Waals surface area contributed by atoms with E-state index >= 15 is 0 Å². The molecule has 1 saturated heterocycles. The van der Waals surface area contributed by atoms with Gasteiger partial charge < -0.3 is 9.84 Å². The van der Waals surface area contributed by atoms with Crippen LogP contribution in [0.25, 0.3) is 11.1 Å². The van der Waals surface area contributed by atoms with Gasteiger partial charge >= 0.3 is 6.09 Å². The summed E-state index contributed by atoms with van der Waals surface area (Å²) in [4.78, 5) is 27.6. The van der Waals surface area contributed by atoms with E-state index in [1.807, 2.05) is 36.4 Å². The zero-order valence-electron chi connectivity index (χ0n) is 19.8. The predicted molar refractivity (Wildman–Crippen MR) is 132 cm³/mol. The van der Waals surface area contributed by atoms with E-state index in [2.05, 4.69) is 24.3 Å². The standard InChI is InChI=1S/C29H31NO4/c1-29(2,3)34-28(33)30-24(19-25(27(30)32)26(31)23-12-8-5-9-13-23)18-20-14-16-22(17-15-20)21-10-6-4-7-11-21/h4-17,24-25,27,32H,18-19H2,1-3H3/t24-,25?,27?/m1/s1. The Hall–Kier alpha value is -3.44. The summed E-state index contributed by atoms with van der Waals surface area (Å²) in [6, 6.07) is 26.9. The maximum Gasteiger partial charge on any atom is 0.412 e. The molecule has 1 heterocycles. The molecule has 3 aromatic carbocycles. The van der Waals surface area contributed by atoms with Crippen molar-refractivity contribution in [2.24, 2.45) is 5.92 Å². The van der Waals surface area contributed by atoms with Crippen LogP contribution in [-0.2, 0) is 11.2 Å². The quantitative estimate of drug-likeness (QED) is 0.498. The first-order valence-electron chi connectivity index (χ1n) is 11.7. The second-order valence-corrected chi connectivity index (χ2v) is 9.79. The van der Waals surface area contributed by atoms with Crippen molar-refractivity contribution in [3.63, 3.8) is 0 Å². The molecule has 0 spiro atoms. The van der Waals surface area contributed by atoms with E-state index in [0.717, 1.165) is 16.7 Å². The number of aliphatic hydroxyl groups is 1.